The number of hydrogen-bond acceptors (Lipinski definition) is 4. The smallest absolute Gasteiger partial charge is 0.227 e. The second kappa shape index (κ2) is 10.6. The molecule has 0 atom stereocenters. The van der Waals surface area contributed by atoms with Gasteiger partial charge >= 0.3 is 0 Å². The second-order valence-electron chi connectivity index (χ2n) is 14.3. The highest BCUT2D eigenvalue weighted by molar-refractivity contribution is 6.11. The molecule has 0 N–H and O–H groups in total. The van der Waals surface area contributed by atoms with Crippen LogP contribution in [0.3, 0.4) is 0 Å². The van der Waals surface area contributed by atoms with Crippen LogP contribution in [0.4, 0.5) is 0 Å². The summed E-state index contributed by atoms with van der Waals surface area (Å²) >= 11 is 0. The maximum Gasteiger partial charge on any atom is 0.227 e. The third-order valence-electron chi connectivity index (χ3n) is 10.9. The van der Waals surface area contributed by atoms with Gasteiger partial charge in [0.1, 0.15) is 11.0 Å². The minimum Gasteiger partial charge on any atom is -0.436 e. The van der Waals surface area contributed by atoms with Crippen molar-refractivity contribution in [1.82, 2.24) is 14.5 Å². The lowest BCUT2D eigenvalue weighted by Gasteiger charge is -2.22. The molecule has 1 aliphatic rings. The molecule has 0 fully saturated rings. The summed E-state index contributed by atoms with van der Waals surface area (Å²) in [7, 11) is 0. The van der Waals surface area contributed by atoms with Crippen LogP contribution in [0.5, 0.6) is 0 Å². The van der Waals surface area contributed by atoms with Gasteiger partial charge in [0.15, 0.2) is 11.2 Å². The molecule has 3 heterocycles. The third-order valence-corrected chi connectivity index (χ3v) is 10.9. The molecular formula is C47H31N3O2. The lowest BCUT2D eigenvalue weighted by Crippen LogP contribution is -2.14. The Morgan fingerprint density at radius 2 is 0.981 bits per heavy atom. The van der Waals surface area contributed by atoms with Gasteiger partial charge in [0, 0.05) is 33.0 Å². The van der Waals surface area contributed by atoms with Crippen LogP contribution in [0.1, 0.15) is 25.0 Å². The summed E-state index contributed by atoms with van der Waals surface area (Å²) in [6, 6.07) is 53.3. The highest BCUT2D eigenvalue weighted by atomic mass is 16.4. The number of nitrogens with zero attached hydrogens (tertiary/aromatic N) is 3. The Bertz CT molecular complexity index is 2850. The van der Waals surface area contributed by atoms with Gasteiger partial charge in [0.25, 0.3) is 0 Å². The standard InChI is InChI=1S/C47H31N3O2/c1-47(2)37-10-4-3-9-33(37)34-22-17-29(27-38(34)47)28-15-20-32(21-16-28)50-41-23-18-30(45-48-39-11-5-7-13-43(39)51-45)25-35(41)36-26-31(19-24-42(36)50)46-49-40-12-6-8-14-44(40)52-46/h3-27H,1-2H3. The molecule has 11 rings (SSSR count). The fourth-order valence-corrected chi connectivity index (χ4v) is 8.25. The Labute approximate surface area is 299 Å². The van der Waals surface area contributed by atoms with Crippen molar-refractivity contribution in [2.24, 2.45) is 0 Å². The Kier molecular flexibility index (Phi) is 5.95. The van der Waals surface area contributed by atoms with E-state index in [0.29, 0.717) is 11.8 Å². The van der Waals surface area contributed by atoms with Gasteiger partial charge < -0.3 is 13.4 Å². The average Bonchev–Trinajstić information content (AvgIpc) is 3.95. The quantitative estimate of drug-likeness (QED) is 0.187. The zero-order chi connectivity index (χ0) is 34.6. The zero-order valence-corrected chi connectivity index (χ0v) is 28.6. The molecule has 52 heavy (non-hydrogen) atoms. The normalized spacial score (nSPS) is 13.3. The van der Waals surface area contributed by atoms with Crippen LogP contribution in [-0.4, -0.2) is 14.5 Å². The summed E-state index contributed by atoms with van der Waals surface area (Å²) in [5.41, 5.74) is 16.2. The minimum atomic E-state index is -0.0433. The number of fused-ring (bicyclic) bond motifs is 8. The molecule has 3 aromatic heterocycles. The van der Waals surface area contributed by atoms with E-state index in [1.54, 1.807) is 0 Å². The molecule has 0 amide bonds. The zero-order valence-electron chi connectivity index (χ0n) is 28.6. The Hall–Kier alpha value is -6.72. The van der Waals surface area contributed by atoms with Crippen molar-refractivity contribution >= 4 is 44.0 Å². The molecule has 5 nitrogen and oxygen atoms in total. The first kappa shape index (κ1) is 29.1. The van der Waals surface area contributed by atoms with Crippen molar-refractivity contribution in [3.63, 3.8) is 0 Å². The van der Waals surface area contributed by atoms with Gasteiger partial charge in [0.2, 0.25) is 11.8 Å². The Balaban J connectivity index is 1.05. The number of rotatable bonds is 4. The summed E-state index contributed by atoms with van der Waals surface area (Å²) in [5, 5.41) is 2.19. The number of benzene rings is 7. The molecule has 0 aliphatic heterocycles. The predicted molar refractivity (Wildman–Crippen MR) is 210 cm³/mol. The highest BCUT2D eigenvalue weighted by Gasteiger charge is 2.35. The van der Waals surface area contributed by atoms with Crippen molar-refractivity contribution in [1.29, 1.82) is 0 Å². The minimum absolute atomic E-state index is 0.0433. The van der Waals surface area contributed by atoms with E-state index in [9.17, 15) is 0 Å². The van der Waals surface area contributed by atoms with Crippen LogP contribution in [-0.2, 0) is 5.41 Å². The first-order valence-electron chi connectivity index (χ1n) is 17.6. The van der Waals surface area contributed by atoms with Crippen LogP contribution >= 0.6 is 0 Å². The molecule has 1 aliphatic carbocycles. The molecule has 0 saturated carbocycles. The van der Waals surface area contributed by atoms with E-state index in [-0.39, 0.29) is 5.41 Å². The lowest BCUT2D eigenvalue weighted by atomic mass is 9.81. The van der Waals surface area contributed by atoms with Gasteiger partial charge in [-0.15, -0.1) is 0 Å². The van der Waals surface area contributed by atoms with E-state index >= 15 is 0 Å². The third kappa shape index (κ3) is 4.23. The summed E-state index contributed by atoms with van der Waals surface area (Å²) in [5.74, 6) is 1.20. The highest BCUT2D eigenvalue weighted by Crippen LogP contribution is 2.49. The molecule has 0 radical (unpaired) electrons. The molecule has 0 saturated heterocycles. The molecule has 246 valence electrons. The van der Waals surface area contributed by atoms with Crippen molar-refractivity contribution in [2.45, 2.75) is 19.3 Å². The summed E-state index contributed by atoms with van der Waals surface area (Å²) in [6.45, 7) is 4.66. The van der Waals surface area contributed by atoms with E-state index in [2.05, 4.69) is 122 Å². The fourth-order valence-electron chi connectivity index (χ4n) is 8.25. The van der Waals surface area contributed by atoms with Crippen molar-refractivity contribution in [2.75, 3.05) is 0 Å². The van der Waals surface area contributed by atoms with Crippen LogP contribution in [0.25, 0.3) is 94.9 Å². The van der Waals surface area contributed by atoms with E-state index in [0.717, 1.165) is 60.8 Å². The molecule has 5 heteroatoms. The summed E-state index contributed by atoms with van der Waals surface area (Å²) in [6.07, 6.45) is 0. The van der Waals surface area contributed by atoms with Crippen LogP contribution < -0.4 is 0 Å². The van der Waals surface area contributed by atoms with Gasteiger partial charge in [0.05, 0.1) is 11.0 Å². The number of para-hydroxylation sites is 4. The number of oxazole rings is 2. The van der Waals surface area contributed by atoms with Gasteiger partial charge in [-0.2, -0.15) is 0 Å². The van der Waals surface area contributed by atoms with E-state index in [1.807, 2.05) is 48.5 Å². The first-order valence-corrected chi connectivity index (χ1v) is 17.6. The SMILES string of the molecule is CC1(C)c2ccccc2-c2ccc(-c3ccc(-n4c5ccc(-c6nc7ccccc7o6)cc5c5cc(-c6nc7ccccc7o6)ccc54)cc3)cc21. The van der Waals surface area contributed by atoms with Crippen molar-refractivity contribution in [3.05, 3.63) is 163 Å². The van der Waals surface area contributed by atoms with Crippen LogP contribution in [0.2, 0.25) is 0 Å². The molecule has 0 bridgehead atoms. The number of hydrogen-bond donors (Lipinski definition) is 0. The summed E-state index contributed by atoms with van der Waals surface area (Å²) < 4.78 is 14.7. The maximum absolute atomic E-state index is 6.20. The van der Waals surface area contributed by atoms with E-state index in [1.165, 1.54) is 33.4 Å². The lowest BCUT2D eigenvalue weighted by molar-refractivity contribution is 0.619. The van der Waals surface area contributed by atoms with Crippen LogP contribution in [0, 0.1) is 0 Å². The first-order chi connectivity index (χ1) is 25.5. The average molecular weight is 670 g/mol. The molecular weight excluding hydrogens is 639 g/mol. The van der Waals surface area contributed by atoms with Gasteiger partial charge in [-0.3, -0.25) is 0 Å². The monoisotopic (exact) mass is 669 g/mol. The van der Waals surface area contributed by atoms with E-state index < -0.39 is 0 Å². The maximum atomic E-state index is 6.20. The van der Waals surface area contributed by atoms with Gasteiger partial charge in [-0.25, -0.2) is 9.97 Å². The van der Waals surface area contributed by atoms with Crippen molar-refractivity contribution < 1.29 is 8.83 Å². The fraction of sp³-hybridized carbons (Fsp3) is 0.0638. The second-order valence-corrected chi connectivity index (χ2v) is 14.3. The topological polar surface area (TPSA) is 57.0 Å². The van der Waals surface area contributed by atoms with Gasteiger partial charge in [-0.1, -0.05) is 86.6 Å². The summed E-state index contributed by atoms with van der Waals surface area (Å²) in [4.78, 5) is 9.61. The molecule has 7 aromatic carbocycles. The van der Waals surface area contributed by atoms with Gasteiger partial charge in [-0.05, 0) is 112 Å². The Morgan fingerprint density at radius 3 is 1.60 bits per heavy atom. The molecule has 10 aromatic rings. The van der Waals surface area contributed by atoms with Crippen LogP contribution in [0.15, 0.2) is 160 Å². The van der Waals surface area contributed by atoms with Crippen molar-refractivity contribution in [3.8, 4) is 50.8 Å². The molecule has 0 spiro atoms. The number of aromatic nitrogens is 3. The molecule has 0 unspecified atom stereocenters. The predicted octanol–water partition coefficient (Wildman–Crippen LogP) is 12.4. The van der Waals surface area contributed by atoms with E-state index in [4.69, 9.17) is 18.8 Å². The largest absolute Gasteiger partial charge is 0.436 e. The Morgan fingerprint density at radius 1 is 0.462 bits per heavy atom.